The van der Waals surface area contributed by atoms with Gasteiger partial charge in [-0.3, -0.25) is 0 Å². The Balaban J connectivity index is 3.06. The highest BCUT2D eigenvalue weighted by Gasteiger charge is 2.30. The molecule has 1 aromatic heterocycles. The number of nitrogens with one attached hydrogen (secondary N) is 1. The zero-order chi connectivity index (χ0) is 12.3. The lowest BCUT2D eigenvalue weighted by atomic mass is 9.84. The second-order valence-electron chi connectivity index (χ2n) is 5.53. The highest BCUT2D eigenvalue weighted by atomic mass is 32.1. The summed E-state index contributed by atoms with van der Waals surface area (Å²) in [5.41, 5.74) is 1.33. The van der Waals surface area contributed by atoms with Gasteiger partial charge >= 0.3 is 0 Å². The van der Waals surface area contributed by atoms with E-state index in [1.165, 1.54) is 16.4 Å². The van der Waals surface area contributed by atoms with Gasteiger partial charge in [0.15, 0.2) is 0 Å². The number of nitrogens with zero attached hydrogens (tertiary/aromatic N) is 2. The predicted molar refractivity (Wildman–Crippen MR) is 69.9 cm³/mol. The van der Waals surface area contributed by atoms with Crippen LogP contribution in [-0.4, -0.2) is 16.1 Å². The smallest absolute Gasteiger partial charge is 0.0829 e. The average Bonchev–Trinajstić information content (AvgIpc) is 2.60. The minimum absolute atomic E-state index is 0.188. The fourth-order valence-electron chi connectivity index (χ4n) is 1.80. The van der Waals surface area contributed by atoms with E-state index in [-0.39, 0.29) is 5.41 Å². The van der Waals surface area contributed by atoms with E-state index in [4.69, 9.17) is 0 Å². The van der Waals surface area contributed by atoms with Crippen molar-refractivity contribution in [2.75, 3.05) is 6.54 Å². The molecule has 0 aliphatic rings. The Kier molecular flexibility index (Phi) is 4.44. The molecule has 1 rings (SSSR count). The summed E-state index contributed by atoms with van der Waals surface area (Å²) in [6.45, 7) is 14.2. The summed E-state index contributed by atoms with van der Waals surface area (Å²) in [5, 5.41) is 7.81. The fourth-order valence-corrected chi connectivity index (χ4v) is 2.93. The third-order valence-corrected chi connectivity index (χ3v) is 3.43. The third-order valence-electron chi connectivity index (χ3n) is 2.62. The van der Waals surface area contributed by atoms with Gasteiger partial charge in [-0.25, -0.2) is 0 Å². The van der Waals surface area contributed by atoms with Gasteiger partial charge in [-0.1, -0.05) is 46.0 Å². The molecule has 1 unspecified atom stereocenters. The standard InChI is InChI=1S/C12H23N3S/c1-7-13-11(12(4,5)6)10-9(8(2)3)14-15-16-10/h8,11,13H,7H2,1-6H3. The zero-order valence-electron chi connectivity index (χ0n) is 11.2. The molecule has 0 radical (unpaired) electrons. The number of aromatic nitrogens is 2. The second-order valence-corrected chi connectivity index (χ2v) is 6.32. The van der Waals surface area contributed by atoms with Gasteiger partial charge in [0.25, 0.3) is 0 Å². The molecule has 0 saturated heterocycles. The topological polar surface area (TPSA) is 37.8 Å². The Hall–Kier alpha value is -0.480. The van der Waals surface area contributed by atoms with Crippen molar-refractivity contribution in [3.05, 3.63) is 10.6 Å². The second kappa shape index (κ2) is 5.23. The van der Waals surface area contributed by atoms with E-state index in [1.807, 2.05) is 0 Å². The van der Waals surface area contributed by atoms with Crippen molar-refractivity contribution in [3.63, 3.8) is 0 Å². The summed E-state index contributed by atoms with van der Waals surface area (Å²) < 4.78 is 4.11. The SMILES string of the molecule is CCNC(c1snnc1C(C)C)C(C)(C)C. The van der Waals surface area contributed by atoms with Crippen LogP contribution in [0.25, 0.3) is 0 Å². The molecule has 0 fully saturated rings. The molecule has 3 nitrogen and oxygen atoms in total. The van der Waals surface area contributed by atoms with Gasteiger partial charge < -0.3 is 5.32 Å². The first kappa shape index (κ1) is 13.6. The van der Waals surface area contributed by atoms with Crippen LogP contribution >= 0.6 is 11.5 Å². The van der Waals surface area contributed by atoms with Gasteiger partial charge in [-0.05, 0) is 29.4 Å². The molecule has 4 heteroatoms. The van der Waals surface area contributed by atoms with Crippen LogP contribution in [0.1, 0.15) is 64.1 Å². The summed E-state index contributed by atoms with van der Waals surface area (Å²) in [6, 6.07) is 0.342. The summed E-state index contributed by atoms with van der Waals surface area (Å²) in [4.78, 5) is 1.30. The molecule has 0 aliphatic heterocycles. The molecule has 1 atom stereocenters. The monoisotopic (exact) mass is 241 g/mol. The van der Waals surface area contributed by atoms with E-state index in [2.05, 4.69) is 56.4 Å². The quantitative estimate of drug-likeness (QED) is 0.878. The Morgan fingerprint density at radius 3 is 2.38 bits per heavy atom. The molecule has 92 valence electrons. The van der Waals surface area contributed by atoms with E-state index < -0.39 is 0 Å². The molecule has 1 N–H and O–H groups in total. The lowest BCUT2D eigenvalue weighted by Crippen LogP contribution is -2.32. The largest absolute Gasteiger partial charge is 0.309 e. The van der Waals surface area contributed by atoms with Gasteiger partial charge in [0.1, 0.15) is 0 Å². The lowest BCUT2D eigenvalue weighted by molar-refractivity contribution is 0.278. The molecule has 0 aromatic carbocycles. The lowest BCUT2D eigenvalue weighted by Gasteiger charge is -2.31. The molecule has 0 spiro atoms. The van der Waals surface area contributed by atoms with Gasteiger partial charge in [-0.15, -0.1) is 5.10 Å². The Morgan fingerprint density at radius 2 is 1.94 bits per heavy atom. The van der Waals surface area contributed by atoms with E-state index in [9.17, 15) is 0 Å². The summed E-state index contributed by atoms with van der Waals surface area (Å²) >= 11 is 1.53. The van der Waals surface area contributed by atoms with Crippen LogP contribution in [-0.2, 0) is 0 Å². The Labute approximate surface area is 103 Å². The van der Waals surface area contributed by atoms with Gasteiger partial charge in [-0.2, -0.15) is 0 Å². The Bertz CT molecular complexity index is 325. The van der Waals surface area contributed by atoms with Crippen molar-refractivity contribution in [1.82, 2.24) is 14.9 Å². The van der Waals surface area contributed by atoms with Crippen LogP contribution < -0.4 is 5.32 Å². The van der Waals surface area contributed by atoms with Crippen LogP contribution in [0.5, 0.6) is 0 Å². The molecule has 16 heavy (non-hydrogen) atoms. The predicted octanol–water partition coefficient (Wildman–Crippen LogP) is 3.36. The first-order valence-corrected chi connectivity index (χ1v) is 6.70. The molecule has 0 saturated carbocycles. The van der Waals surface area contributed by atoms with Crippen molar-refractivity contribution >= 4 is 11.5 Å². The number of rotatable bonds is 4. The van der Waals surface area contributed by atoms with Gasteiger partial charge in [0.05, 0.1) is 10.6 Å². The maximum absolute atomic E-state index is 4.26. The van der Waals surface area contributed by atoms with Crippen LogP contribution in [0.15, 0.2) is 0 Å². The van der Waals surface area contributed by atoms with Crippen molar-refractivity contribution in [3.8, 4) is 0 Å². The molecule has 1 heterocycles. The van der Waals surface area contributed by atoms with E-state index in [0.29, 0.717) is 12.0 Å². The fraction of sp³-hybridized carbons (Fsp3) is 0.833. The Morgan fingerprint density at radius 1 is 1.31 bits per heavy atom. The van der Waals surface area contributed by atoms with E-state index in [1.54, 1.807) is 0 Å². The van der Waals surface area contributed by atoms with Gasteiger partial charge in [0, 0.05) is 6.04 Å². The first-order chi connectivity index (χ1) is 7.38. The number of hydrogen-bond acceptors (Lipinski definition) is 4. The normalized spacial score (nSPS) is 14.4. The maximum atomic E-state index is 4.26. The van der Waals surface area contributed by atoms with Crippen molar-refractivity contribution in [2.24, 2.45) is 5.41 Å². The zero-order valence-corrected chi connectivity index (χ0v) is 12.0. The van der Waals surface area contributed by atoms with Gasteiger partial charge in [0.2, 0.25) is 0 Å². The minimum atomic E-state index is 0.188. The van der Waals surface area contributed by atoms with Crippen LogP contribution in [0.4, 0.5) is 0 Å². The average molecular weight is 241 g/mol. The van der Waals surface area contributed by atoms with Crippen LogP contribution in [0, 0.1) is 5.41 Å². The number of hydrogen-bond donors (Lipinski definition) is 1. The van der Waals surface area contributed by atoms with E-state index in [0.717, 1.165) is 12.2 Å². The van der Waals surface area contributed by atoms with E-state index >= 15 is 0 Å². The molecule has 0 amide bonds. The van der Waals surface area contributed by atoms with Crippen molar-refractivity contribution in [2.45, 2.75) is 53.5 Å². The molecular weight excluding hydrogens is 218 g/mol. The maximum Gasteiger partial charge on any atom is 0.0829 e. The van der Waals surface area contributed by atoms with Crippen LogP contribution in [0.3, 0.4) is 0 Å². The molecule has 0 bridgehead atoms. The molecule has 0 aliphatic carbocycles. The minimum Gasteiger partial charge on any atom is -0.309 e. The van der Waals surface area contributed by atoms with Crippen LogP contribution in [0.2, 0.25) is 0 Å². The molecule has 1 aromatic rings. The van der Waals surface area contributed by atoms with Crippen molar-refractivity contribution < 1.29 is 0 Å². The van der Waals surface area contributed by atoms with Crippen molar-refractivity contribution in [1.29, 1.82) is 0 Å². The summed E-state index contributed by atoms with van der Waals surface area (Å²) in [6.07, 6.45) is 0. The summed E-state index contributed by atoms with van der Waals surface area (Å²) in [7, 11) is 0. The third kappa shape index (κ3) is 3.01. The summed E-state index contributed by atoms with van der Waals surface area (Å²) in [5.74, 6) is 0.442. The molecular formula is C12H23N3S. The highest BCUT2D eigenvalue weighted by Crippen LogP contribution is 2.37. The first-order valence-electron chi connectivity index (χ1n) is 5.93. The highest BCUT2D eigenvalue weighted by molar-refractivity contribution is 7.05.